The zero-order chi connectivity index (χ0) is 21.9. The largest absolute Gasteiger partial charge is 0.325 e. The minimum absolute atomic E-state index is 0.146. The summed E-state index contributed by atoms with van der Waals surface area (Å²) in [5.41, 5.74) is 5.22. The van der Waals surface area contributed by atoms with E-state index < -0.39 is 15.9 Å². The van der Waals surface area contributed by atoms with Gasteiger partial charge in [-0.2, -0.15) is 0 Å². The molecule has 0 heterocycles. The minimum atomic E-state index is -3.91. The van der Waals surface area contributed by atoms with E-state index in [4.69, 9.17) is 0 Å². The predicted octanol–water partition coefficient (Wildman–Crippen LogP) is 4.75. The van der Waals surface area contributed by atoms with Gasteiger partial charge in [-0.1, -0.05) is 41.5 Å². The summed E-state index contributed by atoms with van der Waals surface area (Å²) in [5, 5.41) is 2.81. The van der Waals surface area contributed by atoms with Crippen molar-refractivity contribution in [3.05, 3.63) is 89.0 Å². The van der Waals surface area contributed by atoms with Gasteiger partial charge >= 0.3 is 0 Å². The first-order chi connectivity index (χ1) is 14.2. The fourth-order valence-electron chi connectivity index (χ4n) is 3.01. The summed E-state index contributed by atoms with van der Waals surface area (Å²) < 4.78 is 27.9. The standard InChI is InChI=1S/C24H26N2O3S/c1-17-5-11-22(12-6-17)26(30(28,29)23-13-7-18(2)8-14-23)16-24(27)25-21-10-9-19(3)20(4)15-21/h5-15H,16H2,1-4H3,(H,25,27). The molecule has 5 nitrogen and oxygen atoms in total. The highest BCUT2D eigenvalue weighted by Crippen LogP contribution is 2.25. The Balaban J connectivity index is 1.93. The third kappa shape index (κ3) is 4.89. The Morgan fingerprint density at radius 1 is 0.800 bits per heavy atom. The molecular formula is C24H26N2O3S. The van der Waals surface area contributed by atoms with E-state index in [1.807, 2.05) is 58.0 Å². The summed E-state index contributed by atoms with van der Waals surface area (Å²) >= 11 is 0. The van der Waals surface area contributed by atoms with Crippen molar-refractivity contribution in [2.75, 3.05) is 16.2 Å². The highest BCUT2D eigenvalue weighted by Gasteiger charge is 2.27. The highest BCUT2D eigenvalue weighted by atomic mass is 32.2. The van der Waals surface area contributed by atoms with Gasteiger partial charge in [0.15, 0.2) is 0 Å². The number of carbonyl (C=O) groups is 1. The Bertz CT molecular complexity index is 1150. The Morgan fingerprint density at radius 3 is 1.93 bits per heavy atom. The van der Waals surface area contributed by atoms with Crippen LogP contribution >= 0.6 is 0 Å². The van der Waals surface area contributed by atoms with Crippen LogP contribution in [0.15, 0.2) is 71.6 Å². The number of carbonyl (C=O) groups excluding carboxylic acids is 1. The van der Waals surface area contributed by atoms with Crippen LogP contribution < -0.4 is 9.62 Å². The number of hydrogen-bond acceptors (Lipinski definition) is 3. The number of anilines is 2. The third-order valence-corrected chi connectivity index (χ3v) is 6.80. The van der Waals surface area contributed by atoms with Crippen LogP contribution in [0.25, 0.3) is 0 Å². The molecule has 3 aromatic rings. The maximum Gasteiger partial charge on any atom is 0.264 e. The average Bonchev–Trinajstić information content (AvgIpc) is 2.70. The van der Waals surface area contributed by atoms with E-state index in [0.29, 0.717) is 11.4 Å². The normalized spacial score (nSPS) is 11.2. The molecule has 3 rings (SSSR count). The second-order valence-electron chi connectivity index (χ2n) is 7.51. The lowest BCUT2D eigenvalue weighted by Crippen LogP contribution is -2.38. The van der Waals surface area contributed by atoms with Gasteiger partial charge in [0.05, 0.1) is 10.6 Å². The molecule has 0 aliphatic carbocycles. The number of benzene rings is 3. The lowest BCUT2D eigenvalue weighted by atomic mass is 10.1. The molecule has 0 saturated carbocycles. The molecule has 0 saturated heterocycles. The molecule has 156 valence electrons. The Kier molecular flexibility index (Phi) is 6.27. The maximum atomic E-state index is 13.4. The Hall–Kier alpha value is -3.12. The first kappa shape index (κ1) is 21.6. The minimum Gasteiger partial charge on any atom is -0.325 e. The van der Waals surface area contributed by atoms with E-state index in [9.17, 15) is 13.2 Å². The van der Waals surface area contributed by atoms with Gasteiger partial charge in [0, 0.05) is 5.69 Å². The number of aryl methyl sites for hydroxylation is 4. The number of nitrogens with one attached hydrogen (secondary N) is 1. The van der Waals surface area contributed by atoms with Crippen LogP contribution in [0.4, 0.5) is 11.4 Å². The summed E-state index contributed by atoms with van der Waals surface area (Å²) in [4.78, 5) is 12.9. The number of nitrogens with zero attached hydrogens (tertiary/aromatic N) is 1. The molecular weight excluding hydrogens is 396 g/mol. The smallest absolute Gasteiger partial charge is 0.264 e. The van der Waals surface area contributed by atoms with Crippen LogP contribution in [0.2, 0.25) is 0 Å². The zero-order valence-corrected chi connectivity index (χ0v) is 18.5. The van der Waals surface area contributed by atoms with E-state index in [-0.39, 0.29) is 11.4 Å². The van der Waals surface area contributed by atoms with Gasteiger partial charge in [-0.05, 0) is 75.2 Å². The Labute approximate surface area is 178 Å². The summed E-state index contributed by atoms with van der Waals surface area (Å²) in [6, 6.07) is 19.3. The molecule has 0 aromatic heterocycles. The molecule has 6 heteroatoms. The molecule has 0 atom stereocenters. The van der Waals surface area contributed by atoms with Gasteiger partial charge in [-0.3, -0.25) is 9.10 Å². The molecule has 3 aromatic carbocycles. The van der Waals surface area contributed by atoms with Gasteiger partial charge < -0.3 is 5.32 Å². The summed E-state index contributed by atoms with van der Waals surface area (Å²) in [6.45, 7) is 7.45. The lowest BCUT2D eigenvalue weighted by molar-refractivity contribution is -0.114. The van der Waals surface area contributed by atoms with Crippen LogP contribution in [0.1, 0.15) is 22.3 Å². The first-order valence-electron chi connectivity index (χ1n) is 9.70. The maximum absolute atomic E-state index is 13.4. The predicted molar refractivity (Wildman–Crippen MR) is 121 cm³/mol. The van der Waals surface area contributed by atoms with E-state index in [1.165, 1.54) is 0 Å². The number of rotatable bonds is 6. The monoisotopic (exact) mass is 422 g/mol. The average molecular weight is 423 g/mol. The molecule has 0 spiro atoms. The van der Waals surface area contributed by atoms with Crippen molar-refractivity contribution in [1.29, 1.82) is 0 Å². The van der Waals surface area contributed by atoms with Crippen LogP contribution in [0.3, 0.4) is 0 Å². The van der Waals surface area contributed by atoms with Gasteiger partial charge in [-0.25, -0.2) is 8.42 Å². The zero-order valence-electron chi connectivity index (χ0n) is 17.6. The number of amides is 1. The summed E-state index contributed by atoms with van der Waals surface area (Å²) in [5.74, 6) is -0.408. The topological polar surface area (TPSA) is 66.5 Å². The molecule has 30 heavy (non-hydrogen) atoms. The van der Waals surface area contributed by atoms with Crippen LogP contribution in [-0.4, -0.2) is 20.9 Å². The molecule has 0 aliphatic rings. The Morgan fingerprint density at radius 2 is 1.37 bits per heavy atom. The number of sulfonamides is 1. The number of hydrogen-bond donors (Lipinski definition) is 1. The van der Waals surface area contributed by atoms with Crippen molar-refractivity contribution in [2.45, 2.75) is 32.6 Å². The van der Waals surface area contributed by atoms with E-state index in [1.54, 1.807) is 36.4 Å². The van der Waals surface area contributed by atoms with Crippen LogP contribution in [0, 0.1) is 27.7 Å². The fourth-order valence-corrected chi connectivity index (χ4v) is 4.43. The van der Waals surface area contributed by atoms with Crippen molar-refractivity contribution in [3.8, 4) is 0 Å². The lowest BCUT2D eigenvalue weighted by Gasteiger charge is -2.24. The van der Waals surface area contributed by atoms with E-state index >= 15 is 0 Å². The molecule has 1 N–H and O–H groups in total. The second-order valence-corrected chi connectivity index (χ2v) is 9.37. The molecule has 1 amide bonds. The van der Waals surface area contributed by atoms with Crippen molar-refractivity contribution in [2.24, 2.45) is 0 Å². The quantitative estimate of drug-likeness (QED) is 0.623. The first-order valence-corrected chi connectivity index (χ1v) is 11.1. The van der Waals surface area contributed by atoms with Gasteiger partial charge in [0.1, 0.15) is 6.54 Å². The summed E-state index contributed by atoms with van der Waals surface area (Å²) in [6.07, 6.45) is 0. The summed E-state index contributed by atoms with van der Waals surface area (Å²) in [7, 11) is -3.91. The van der Waals surface area contributed by atoms with Gasteiger partial charge in [0.2, 0.25) is 5.91 Å². The van der Waals surface area contributed by atoms with Gasteiger partial charge in [0.25, 0.3) is 10.0 Å². The van der Waals surface area contributed by atoms with Crippen molar-refractivity contribution >= 4 is 27.3 Å². The van der Waals surface area contributed by atoms with Crippen LogP contribution in [0.5, 0.6) is 0 Å². The van der Waals surface area contributed by atoms with E-state index in [2.05, 4.69) is 5.32 Å². The van der Waals surface area contributed by atoms with Gasteiger partial charge in [-0.15, -0.1) is 0 Å². The molecule has 0 aliphatic heterocycles. The SMILES string of the molecule is Cc1ccc(N(CC(=O)Nc2ccc(C)c(C)c2)S(=O)(=O)c2ccc(C)cc2)cc1. The van der Waals surface area contributed by atoms with Crippen molar-refractivity contribution < 1.29 is 13.2 Å². The molecule has 0 bridgehead atoms. The van der Waals surface area contributed by atoms with Crippen molar-refractivity contribution in [3.63, 3.8) is 0 Å². The fraction of sp³-hybridized carbons (Fsp3) is 0.208. The van der Waals surface area contributed by atoms with Crippen molar-refractivity contribution in [1.82, 2.24) is 0 Å². The molecule has 0 radical (unpaired) electrons. The molecule has 0 unspecified atom stereocenters. The third-order valence-electron chi connectivity index (χ3n) is 5.01. The van der Waals surface area contributed by atoms with E-state index in [0.717, 1.165) is 26.6 Å². The second kappa shape index (κ2) is 8.71. The van der Waals surface area contributed by atoms with Crippen LogP contribution in [-0.2, 0) is 14.8 Å². The molecule has 0 fully saturated rings. The highest BCUT2D eigenvalue weighted by molar-refractivity contribution is 7.92.